The van der Waals surface area contributed by atoms with Crippen LogP contribution in [-0.4, -0.2) is 37.8 Å². The molecule has 1 amide bonds. The lowest BCUT2D eigenvalue weighted by molar-refractivity contribution is -0.124. The number of hydrogen-bond acceptors (Lipinski definition) is 3. The SMILES string of the molecule is C[C@H](CNC(=O)[C@@H]1CCCN1S(=O)(=O)c1ccc(F)cc1)c1ccccc1. The molecule has 0 aliphatic carbocycles. The van der Waals surface area contributed by atoms with Crippen molar-refractivity contribution < 1.29 is 17.6 Å². The largest absolute Gasteiger partial charge is 0.354 e. The lowest BCUT2D eigenvalue weighted by Crippen LogP contribution is -2.46. The van der Waals surface area contributed by atoms with Crippen molar-refractivity contribution in [3.63, 3.8) is 0 Å². The highest BCUT2D eigenvalue weighted by atomic mass is 32.2. The maximum Gasteiger partial charge on any atom is 0.243 e. The fraction of sp³-hybridized carbons (Fsp3) is 0.350. The van der Waals surface area contributed by atoms with Crippen LogP contribution in [0.4, 0.5) is 4.39 Å². The van der Waals surface area contributed by atoms with Gasteiger partial charge in [-0.05, 0) is 48.6 Å². The van der Waals surface area contributed by atoms with Gasteiger partial charge in [-0.1, -0.05) is 37.3 Å². The Hall–Kier alpha value is -2.25. The van der Waals surface area contributed by atoms with Gasteiger partial charge in [0, 0.05) is 13.1 Å². The summed E-state index contributed by atoms with van der Waals surface area (Å²) in [7, 11) is -3.83. The smallest absolute Gasteiger partial charge is 0.243 e. The summed E-state index contributed by atoms with van der Waals surface area (Å²) < 4.78 is 40.0. The fourth-order valence-electron chi connectivity index (χ4n) is 3.30. The van der Waals surface area contributed by atoms with E-state index in [-0.39, 0.29) is 23.3 Å². The van der Waals surface area contributed by atoms with Gasteiger partial charge in [0.2, 0.25) is 15.9 Å². The molecule has 7 heteroatoms. The highest BCUT2D eigenvalue weighted by Gasteiger charge is 2.39. The number of rotatable bonds is 6. The second kappa shape index (κ2) is 8.19. The van der Waals surface area contributed by atoms with Crippen LogP contribution in [0.25, 0.3) is 0 Å². The first-order chi connectivity index (χ1) is 12.9. The van der Waals surface area contributed by atoms with Gasteiger partial charge in [0.05, 0.1) is 4.90 Å². The second-order valence-electron chi connectivity index (χ2n) is 6.78. The maximum atomic E-state index is 13.1. The van der Waals surface area contributed by atoms with Gasteiger partial charge >= 0.3 is 0 Å². The number of benzene rings is 2. The summed E-state index contributed by atoms with van der Waals surface area (Å²) >= 11 is 0. The summed E-state index contributed by atoms with van der Waals surface area (Å²) in [5.74, 6) is -0.667. The summed E-state index contributed by atoms with van der Waals surface area (Å²) in [6.45, 7) is 2.73. The zero-order valence-corrected chi connectivity index (χ0v) is 16.0. The van der Waals surface area contributed by atoms with Gasteiger partial charge in [-0.15, -0.1) is 0 Å². The molecule has 1 saturated heterocycles. The Balaban J connectivity index is 1.68. The predicted molar refractivity (Wildman–Crippen MR) is 101 cm³/mol. The van der Waals surface area contributed by atoms with Gasteiger partial charge < -0.3 is 5.32 Å². The van der Waals surface area contributed by atoms with Crippen molar-refractivity contribution in [2.75, 3.05) is 13.1 Å². The minimum atomic E-state index is -3.83. The summed E-state index contributed by atoms with van der Waals surface area (Å²) in [4.78, 5) is 12.6. The van der Waals surface area contributed by atoms with Gasteiger partial charge in [0.25, 0.3) is 0 Å². The summed E-state index contributed by atoms with van der Waals surface area (Å²) in [5.41, 5.74) is 1.11. The second-order valence-corrected chi connectivity index (χ2v) is 8.68. The van der Waals surface area contributed by atoms with Crippen molar-refractivity contribution in [3.05, 3.63) is 66.0 Å². The maximum absolute atomic E-state index is 13.1. The number of nitrogens with one attached hydrogen (secondary N) is 1. The topological polar surface area (TPSA) is 66.5 Å². The molecule has 0 saturated carbocycles. The Labute approximate surface area is 159 Å². The van der Waals surface area contributed by atoms with E-state index in [0.29, 0.717) is 19.4 Å². The van der Waals surface area contributed by atoms with Crippen LogP contribution in [0.5, 0.6) is 0 Å². The summed E-state index contributed by atoms with van der Waals surface area (Å²) in [6.07, 6.45) is 1.10. The average molecular weight is 390 g/mol. The van der Waals surface area contributed by atoms with Crippen molar-refractivity contribution in [1.29, 1.82) is 0 Å². The fourth-order valence-corrected chi connectivity index (χ4v) is 4.96. The van der Waals surface area contributed by atoms with E-state index in [1.54, 1.807) is 0 Å². The van der Waals surface area contributed by atoms with E-state index in [9.17, 15) is 17.6 Å². The van der Waals surface area contributed by atoms with Crippen molar-refractivity contribution in [1.82, 2.24) is 9.62 Å². The number of halogens is 1. The number of carbonyl (C=O) groups excluding carboxylic acids is 1. The van der Waals surface area contributed by atoms with Crippen molar-refractivity contribution >= 4 is 15.9 Å². The van der Waals surface area contributed by atoms with E-state index in [1.165, 1.54) is 16.4 Å². The lowest BCUT2D eigenvalue weighted by atomic mass is 10.0. The Morgan fingerprint density at radius 3 is 2.52 bits per heavy atom. The molecule has 27 heavy (non-hydrogen) atoms. The van der Waals surface area contributed by atoms with Crippen molar-refractivity contribution in [3.8, 4) is 0 Å². The molecule has 0 unspecified atom stereocenters. The molecule has 0 radical (unpaired) electrons. The normalized spacial score (nSPS) is 19.0. The highest BCUT2D eigenvalue weighted by Crippen LogP contribution is 2.26. The van der Waals surface area contributed by atoms with Crippen LogP contribution < -0.4 is 5.32 Å². The van der Waals surface area contributed by atoms with Crippen LogP contribution in [-0.2, 0) is 14.8 Å². The first-order valence-corrected chi connectivity index (χ1v) is 10.4. The molecule has 0 aromatic heterocycles. The first kappa shape index (κ1) is 19.5. The molecular weight excluding hydrogens is 367 g/mol. The molecule has 3 rings (SSSR count). The Morgan fingerprint density at radius 2 is 1.85 bits per heavy atom. The first-order valence-electron chi connectivity index (χ1n) is 8.99. The minimum Gasteiger partial charge on any atom is -0.354 e. The standard InChI is InChI=1S/C20H23FN2O3S/c1-15(16-6-3-2-4-7-16)14-22-20(24)19-8-5-13-23(19)27(25,26)18-11-9-17(21)10-12-18/h2-4,6-7,9-12,15,19H,5,8,13-14H2,1H3,(H,22,24)/t15-,19+/m1/s1. The van der Waals surface area contributed by atoms with E-state index in [2.05, 4.69) is 5.32 Å². The molecule has 1 heterocycles. The minimum absolute atomic E-state index is 0.00116. The molecule has 1 fully saturated rings. The van der Waals surface area contributed by atoms with Crippen molar-refractivity contribution in [2.45, 2.75) is 36.6 Å². The van der Waals surface area contributed by atoms with Gasteiger partial charge in [0.1, 0.15) is 11.9 Å². The monoisotopic (exact) mass is 390 g/mol. The molecule has 1 aliphatic heterocycles. The molecule has 2 aromatic rings. The van der Waals surface area contributed by atoms with Crippen LogP contribution in [0.15, 0.2) is 59.5 Å². The van der Waals surface area contributed by atoms with Gasteiger partial charge in [-0.2, -0.15) is 4.31 Å². The number of nitrogens with zero attached hydrogens (tertiary/aromatic N) is 1. The Morgan fingerprint density at radius 1 is 1.19 bits per heavy atom. The molecule has 144 valence electrons. The highest BCUT2D eigenvalue weighted by molar-refractivity contribution is 7.89. The number of carbonyl (C=O) groups is 1. The van der Waals surface area contributed by atoms with Gasteiger partial charge in [-0.3, -0.25) is 4.79 Å². The van der Waals surface area contributed by atoms with Crippen LogP contribution in [0.3, 0.4) is 0 Å². The molecule has 2 atom stereocenters. The zero-order chi connectivity index (χ0) is 19.4. The summed E-state index contributed by atoms with van der Waals surface area (Å²) in [5, 5.41) is 2.88. The quantitative estimate of drug-likeness (QED) is 0.825. The molecule has 0 bridgehead atoms. The van der Waals surface area contributed by atoms with Crippen LogP contribution in [0, 0.1) is 5.82 Å². The zero-order valence-electron chi connectivity index (χ0n) is 15.1. The molecule has 1 aliphatic rings. The van der Waals surface area contributed by atoms with Crippen LogP contribution in [0.2, 0.25) is 0 Å². The number of hydrogen-bond donors (Lipinski definition) is 1. The van der Waals surface area contributed by atoms with E-state index in [0.717, 1.165) is 17.7 Å². The number of amides is 1. The van der Waals surface area contributed by atoms with E-state index in [1.807, 2.05) is 37.3 Å². The molecule has 0 spiro atoms. The van der Waals surface area contributed by atoms with E-state index >= 15 is 0 Å². The third-order valence-electron chi connectivity index (χ3n) is 4.88. The molecular formula is C20H23FN2O3S. The third-order valence-corrected chi connectivity index (χ3v) is 6.80. The van der Waals surface area contributed by atoms with Crippen LogP contribution in [0.1, 0.15) is 31.2 Å². The van der Waals surface area contributed by atoms with Gasteiger partial charge in [-0.25, -0.2) is 12.8 Å². The molecule has 2 aromatic carbocycles. The van der Waals surface area contributed by atoms with Crippen molar-refractivity contribution in [2.24, 2.45) is 0 Å². The lowest BCUT2D eigenvalue weighted by Gasteiger charge is -2.24. The molecule has 5 nitrogen and oxygen atoms in total. The summed E-state index contributed by atoms with van der Waals surface area (Å²) in [6, 6.07) is 13.8. The Bertz CT molecular complexity index is 885. The van der Waals surface area contributed by atoms with E-state index < -0.39 is 21.9 Å². The molecule has 1 N–H and O–H groups in total. The van der Waals surface area contributed by atoms with Crippen LogP contribution >= 0.6 is 0 Å². The van der Waals surface area contributed by atoms with Gasteiger partial charge in [0.15, 0.2) is 0 Å². The average Bonchev–Trinajstić information content (AvgIpc) is 3.18. The van der Waals surface area contributed by atoms with E-state index in [4.69, 9.17) is 0 Å². The Kier molecular flexibility index (Phi) is 5.92. The number of sulfonamides is 1. The third kappa shape index (κ3) is 4.36. The predicted octanol–water partition coefficient (Wildman–Crippen LogP) is 2.90.